The van der Waals surface area contributed by atoms with Gasteiger partial charge in [-0.15, -0.1) is 0 Å². The molecule has 0 radical (unpaired) electrons. The highest BCUT2D eigenvalue weighted by molar-refractivity contribution is 5.86. The number of ether oxygens (including phenoxy) is 10. The summed E-state index contributed by atoms with van der Waals surface area (Å²) >= 11 is 0. The Labute approximate surface area is 765 Å². The summed E-state index contributed by atoms with van der Waals surface area (Å²) in [6, 6.07) is 0. The van der Waals surface area contributed by atoms with Crippen LogP contribution in [0.1, 0.15) is 416 Å². The van der Waals surface area contributed by atoms with Crippen LogP contribution in [-0.4, -0.2) is 144 Å². The summed E-state index contributed by atoms with van der Waals surface area (Å²) in [6.45, 7) is 60.7. The molecule has 0 saturated heterocycles. The van der Waals surface area contributed by atoms with Crippen molar-refractivity contribution in [1.82, 2.24) is 0 Å². The molecule has 7 atom stereocenters. The average molecular weight is 1850 g/mol. The molecule has 0 aromatic carbocycles. The molecule has 3 fully saturated rings. The zero-order valence-electron chi connectivity index (χ0n) is 85.6. The maximum absolute atomic E-state index is 17.2. The molecule has 3 saturated carbocycles. The molecule has 0 amide bonds. The Kier molecular flexibility index (Phi) is 47.6. The first-order valence-electron chi connectivity index (χ1n) is 47.4. The van der Waals surface area contributed by atoms with Crippen LogP contribution in [0.2, 0.25) is 0 Å². The second-order valence-corrected chi connectivity index (χ2v) is 43.9. The van der Waals surface area contributed by atoms with Crippen LogP contribution in [0, 0.1) is 78.8 Å². The summed E-state index contributed by atoms with van der Waals surface area (Å²) in [5.41, 5.74) is -14.5. The van der Waals surface area contributed by atoms with Crippen LogP contribution in [-0.2, 0) is 95.3 Å². The molecule has 0 aromatic rings. The Morgan fingerprint density at radius 3 is 0.984 bits per heavy atom. The van der Waals surface area contributed by atoms with Crippen molar-refractivity contribution in [3.63, 3.8) is 0 Å². The number of halogens is 8. The molecular weight excluding hydrogens is 1670 g/mol. The molecule has 3 aliphatic rings. The summed E-state index contributed by atoms with van der Waals surface area (Å²) in [6.07, 6.45) is 4.70. The van der Waals surface area contributed by atoms with Crippen molar-refractivity contribution in [1.29, 1.82) is 0 Å². The lowest BCUT2D eigenvalue weighted by Gasteiger charge is -2.42. The predicted octanol–water partition coefficient (Wildman–Crippen LogP) is 25.8. The number of hydrogen-bond acceptors (Lipinski definition) is 20. The van der Waals surface area contributed by atoms with Gasteiger partial charge in [0.15, 0.2) is 0 Å². The SMILES string of the molecule is CCC(C)(CC(C)(C)C(=O)OCCC(C)(F)F)C(=O)OC(C)(C(C)C)C(C)C.CCC(C)(CC(C)(CC(C)(C)C(=O)OCCC(C)(F)F)C(=O)OC(C)(C)C(C)C)C(=O)OC1CCCCC1.CCC(C)(CC(F)(CC(C)(C)C(=O)OC1CCC(C(F)(F)F)CC1)C(=O)OC(C)(C)C(C)C)C(=O)OC1CCCCC1.CCOC(=O)C(C)CC(C)(CC)C(=O)OC(C)(C)CC. The van der Waals surface area contributed by atoms with E-state index in [1.807, 2.05) is 125 Å². The number of rotatable bonds is 45. The fraction of sp³-hybridized carbons (Fsp3) is 0.900. The highest BCUT2D eigenvalue weighted by Crippen LogP contribution is 2.50. The maximum atomic E-state index is 17.2. The van der Waals surface area contributed by atoms with Gasteiger partial charge in [0, 0.05) is 25.7 Å². The first-order valence-corrected chi connectivity index (χ1v) is 47.4. The average Bonchev–Trinajstić information content (AvgIpc) is 0.776. The maximum Gasteiger partial charge on any atom is 0.391 e. The lowest BCUT2D eigenvalue weighted by atomic mass is 9.65. The molecule has 750 valence electrons. The Balaban J connectivity index is 0.00000174. The van der Waals surface area contributed by atoms with Gasteiger partial charge in [-0.05, 0) is 304 Å². The van der Waals surface area contributed by atoms with E-state index in [9.17, 15) is 78.7 Å². The first-order chi connectivity index (χ1) is 57.8. The minimum Gasteiger partial charge on any atom is -0.466 e. The summed E-state index contributed by atoms with van der Waals surface area (Å²) in [5.74, 6) is -13.0. The van der Waals surface area contributed by atoms with Crippen molar-refractivity contribution in [2.24, 2.45) is 78.8 Å². The number of esters is 10. The van der Waals surface area contributed by atoms with E-state index in [1.54, 1.807) is 90.0 Å². The molecular formula is C100H174F8O20. The van der Waals surface area contributed by atoms with Crippen molar-refractivity contribution < 1.29 is 130 Å². The molecule has 0 N–H and O–H groups in total. The molecule has 128 heavy (non-hydrogen) atoms. The molecule has 0 aromatic heterocycles. The smallest absolute Gasteiger partial charge is 0.391 e. The normalized spacial score (nSPS) is 19.4. The highest BCUT2D eigenvalue weighted by atomic mass is 19.4. The lowest BCUT2D eigenvalue weighted by molar-refractivity contribution is -0.192. The Hall–Kier alpha value is -5.86. The van der Waals surface area contributed by atoms with Gasteiger partial charge in [0.2, 0.25) is 17.5 Å². The van der Waals surface area contributed by atoms with E-state index >= 15 is 4.39 Å². The summed E-state index contributed by atoms with van der Waals surface area (Å²) in [4.78, 5) is 130. The van der Waals surface area contributed by atoms with E-state index in [0.29, 0.717) is 32.3 Å². The largest absolute Gasteiger partial charge is 0.466 e. The minimum atomic E-state index is -4.30. The van der Waals surface area contributed by atoms with Crippen LogP contribution in [0.4, 0.5) is 35.1 Å². The number of alkyl halides is 8. The molecule has 3 rings (SSSR count). The van der Waals surface area contributed by atoms with Crippen LogP contribution in [0.15, 0.2) is 0 Å². The van der Waals surface area contributed by atoms with Gasteiger partial charge in [0.1, 0.15) is 40.7 Å². The lowest BCUT2D eigenvalue weighted by Crippen LogP contribution is -2.51. The van der Waals surface area contributed by atoms with E-state index in [-0.39, 0.29) is 124 Å². The van der Waals surface area contributed by atoms with Crippen LogP contribution >= 0.6 is 0 Å². The van der Waals surface area contributed by atoms with E-state index < -0.39 is 170 Å². The Bertz CT molecular complexity index is 3470. The van der Waals surface area contributed by atoms with Gasteiger partial charge in [-0.1, -0.05) is 110 Å². The zero-order chi connectivity index (χ0) is 100. The zero-order valence-corrected chi connectivity index (χ0v) is 85.6. The molecule has 0 aliphatic heterocycles. The third-order valence-electron chi connectivity index (χ3n) is 27.8. The second-order valence-electron chi connectivity index (χ2n) is 43.9. The molecule has 0 heterocycles. The minimum absolute atomic E-state index is 0.0145. The van der Waals surface area contributed by atoms with E-state index in [1.165, 1.54) is 13.8 Å². The van der Waals surface area contributed by atoms with Gasteiger partial charge in [0.25, 0.3) is 0 Å². The first kappa shape index (κ1) is 122. The molecule has 3 aliphatic carbocycles. The van der Waals surface area contributed by atoms with Gasteiger partial charge in [0.05, 0.1) is 75.0 Å². The standard InChI is InChI=1S/C32H52F4O6.C30H52F2O6.C22H40F2O4.C16H30O4/c1-9-30(8,26(38)41-23-13-11-10-12-14-23)20-31(33,27(39)42-29(6,7)21(2)3)19-28(4,5)25(37)40-24-17-15-22(16-18-24)32(34,35)36;1-11-28(8,24(34)37-22-15-13-12-14-16-22)20-29(9,25(35)38-27(6,7)21(2)3)19-26(4,5)23(33)36-18-17-30(10,31)32;1-11-20(8,18(26)28-22(10,15(2)3)16(4)5)14-19(6,7)17(25)27-13-12-21(9,23)24;1-8-15(5,6)20-14(18)16(7,9-2)11-12(4)13(17)19-10-3/h21-24H,9-20H2,1-8H3;21-22H,11-20H2,1-10H3;15-16H,11-14H2,1-10H3;12H,8-11H2,1-7H3. The van der Waals surface area contributed by atoms with Crippen molar-refractivity contribution >= 4 is 59.7 Å². The van der Waals surface area contributed by atoms with Gasteiger partial charge < -0.3 is 47.4 Å². The van der Waals surface area contributed by atoms with Crippen molar-refractivity contribution in [2.75, 3.05) is 19.8 Å². The molecule has 20 nitrogen and oxygen atoms in total. The van der Waals surface area contributed by atoms with Crippen molar-refractivity contribution in [2.45, 2.75) is 480 Å². The highest BCUT2D eigenvalue weighted by Gasteiger charge is 2.57. The third kappa shape index (κ3) is 39.7. The van der Waals surface area contributed by atoms with Gasteiger partial charge in [-0.25, -0.2) is 26.7 Å². The monoisotopic (exact) mass is 1850 g/mol. The molecule has 0 bridgehead atoms. The fourth-order valence-corrected chi connectivity index (χ4v) is 15.6. The summed E-state index contributed by atoms with van der Waals surface area (Å²) < 4.78 is 165. The van der Waals surface area contributed by atoms with E-state index in [2.05, 4.69) is 0 Å². The van der Waals surface area contributed by atoms with Crippen LogP contribution in [0.5, 0.6) is 0 Å². The summed E-state index contributed by atoms with van der Waals surface area (Å²) in [7, 11) is 0. The predicted molar refractivity (Wildman–Crippen MR) is 481 cm³/mol. The van der Waals surface area contributed by atoms with E-state index in [4.69, 9.17) is 47.4 Å². The van der Waals surface area contributed by atoms with Crippen molar-refractivity contribution in [3.8, 4) is 0 Å². The summed E-state index contributed by atoms with van der Waals surface area (Å²) in [5, 5.41) is 0. The van der Waals surface area contributed by atoms with Gasteiger partial charge in [-0.2, -0.15) is 13.2 Å². The Morgan fingerprint density at radius 1 is 0.312 bits per heavy atom. The topological polar surface area (TPSA) is 263 Å². The van der Waals surface area contributed by atoms with Crippen LogP contribution < -0.4 is 0 Å². The van der Waals surface area contributed by atoms with Crippen molar-refractivity contribution in [3.05, 3.63) is 0 Å². The van der Waals surface area contributed by atoms with Crippen LogP contribution in [0.25, 0.3) is 0 Å². The van der Waals surface area contributed by atoms with E-state index in [0.717, 1.165) is 84.5 Å². The second kappa shape index (κ2) is 49.9. The number of carbonyl (C=O) groups excluding carboxylic acids is 10. The van der Waals surface area contributed by atoms with Crippen LogP contribution in [0.3, 0.4) is 0 Å². The quantitative estimate of drug-likeness (QED) is 0.0311. The molecule has 28 heteroatoms. The Morgan fingerprint density at radius 2 is 0.641 bits per heavy atom. The van der Waals surface area contributed by atoms with Gasteiger partial charge in [-0.3, -0.25) is 43.2 Å². The number of carbonyl (C=O) groups is 10. The molecule has 0 spiro atoms. The third-order valence-corrected chi connectivity index (χ3v) is 27.8. The number of hydrogen-bond donors (Lipinski definition) is 0. The molecule has 7 unspecified atom stereocenters. The fourth-order valence-electron chi connectivity index (χ4n) is 15.6. The van der Waals surface area contributed by atoms with Gasteiger partial charge >= 0.3 is 65.9 Å².